The summed E-state index contributed by atoms with van der Waals surface area (Å²) in [5.74, 6) is 1.65. The summed E-state index contributed by atoms with van der Waals surface area (Å²) in [6.45, 7) is 3.89. The summed E-state index contributed by atoms with van der Waals surface area (Å²) in [5.41, 5.74) is 4.08. The number of rotatable bonds is 6. The van der Waals surface area contributed by atoms with E-state index >= 15 is 0 Å². The average molecular weight is 568 g/mol. The van der Waals surface area contributed by atoms with Gasteiger partial charge in [-0.15, -0.1) is 0 Å². The first-order valence-corrected chi connectivity index (χ1v) is 14.5. The predicted octanol–water partition coefficient (Wildman–Crippen LogP) is 5.46. The second kappa shape index (κ2) is 9.86. The zero-order valence-corrected chi connectivity index (χ0v) is 23.5. The van der Waals surface area contributed by atoms with Crippen LogP contribution in [0.5, 0.6) is 11.5 Å². The molecule has 0 radical (unpaired) electrons. The third-order valence-corrected chi connectivity index (χ3v) is 7.94. The zero-order chi connectivity index (χ0) is 28.9. The van der Waals surface area contributed by atoms with Gasteiger partial charge in [0.05, 0.1) is 4.90 Å². The van der Waals surface area contributed by atoms with Crippen molar-refractivity contribution in [2.45, 2.75) is 18.7 Å². The Balaban J connectivity index is 1.56. The molecule has 0 atom stereocenters. The van der Waals surface area contributed by atoms with Gasteiger partial charge in [-0.3, -0.25) is 9.78 Å². The van der Waals surface area contributed by atoms with Gasteiger partial charge in [-0.2, -0.15) is 4.98 Å². The number of nitrogens with zero attached hydrogens (tertiary/aromatic N) is 4. The molecular formula is C30H25N5O5S. The van der Waals surface area contributed by atoms with Crippen LogP contribution in [0.4, 0.5) is 0 Å². The van der Waals surface area contributed by atoms with Crippen LogP contribution < -0.4 is 10.3 Å². The lowest BCUT2D eigenvalue weighted by atomic mass is 10.0. The van der Waals surface area contributed by atoms with Gasteiger partial charge in [0.1, 0.15) is 22.7 Å². The summed E-state index contributed by atoms with van der Waals surface area (Å²) in [7, 11) is -1.91. The summed E-state index contributed by atoms with van der Waals surface area (Å²) in [6, 6.07) is 15.9. The molecule has 6 aromatic rings. The summed E-state index contributed by atoms with van der Waals surface area (Å²) in [4.78, 5) is 25.0. The molecule has 0 aliphatic rings. The van der Waals surface area contributed by atoms with E-state index in [-0.39, 0.29) is 16.3 Å². The van der Waals surface area contributed by atoms with Crippen LogP contribution in [0.1, 0.15) is 11.1 Å². The number of pyridine rings is 2. The lowest BCUT2D eigenvalue weighted by Gasteiger charge is -2.17. The molecule has 1 N–H and O–H groups in total. The van der Waals surface area contributed by atoms with Crippen LogP contribution in [-0.4, -0.2) is 39.3 Å². The van der Waals surface area contributed by atoms with Gasteiger partial charge in [0.15, 0.2) is 9.84 Å². The fourth-order valence-corrected chi connectivity index (χ4v) is 5.37. The smallest absolute Gasteiger partial charge is 0.274 e. The van der Waals surface area contributed by atoms with Crippen LogP contribution in [0.3, 0.4) is 0 Å². The molecule has 0 fully saturated rings. The quantitative estimate of drug-likeness (QED) is 0.281. The summed E-state index contributed by atoms with van der Waals surface area (Å²) in [6.07, 6.45) is 6.09. The maximum atomic E-state index is 13.2. The van der Waals surface area contributed by atoms with Crippen LogP contribution >= 0.6 is 0 Å². The van der Waals surface area contributed by atoms with Crippen molar-refractivity contribution >= 4 is 20.7 Å². The van der Waals surface area contributed by atoms with Gasteiger partial charge >= 0.3 is 0 Å². The first-order valence-electron chi connectivity index (χ1n) is 12.7. The number of hydrogen-bond acceptors (Lipinski definition) is 8. The number of ether oxygens (including phenoxy) is 1. The zero-order valence-electron chi connectivity index (χ0n) is 22.7. The standard InChI is InChI=1S/C30H25N5O5S/c1-17-7-5-8-18(2)27(17)39-25-11-10-20(41(4,37)38)13-21(25)23-16-35(3)30(36)26-22(23)14-24(32-26)29-33-28(34-40-29)19-9-6-12-31-15-19/h5-16,32H,1-4H3. The summed E-state index contributed by atoms with van der Waals surface area (Å²) >= 11 is 0. The van der Waals surface area contributed by atoms with Gasteiger partial charge in [-0.1, -0.05) is 23.4 Å². The molecule has 0 aliphatic heterocycles. The van der Waals surface area contributed by atoms with Gasteiger partial charge in [-0.05, 0) is 61.4 Å². The number of fused-ring (bicyclic) bond motifs is 1. The Hall–Kier alpha value is -5.03. The molecule has 2 aromatic carbocycles. The largest absolute Gasteiger partial charge is 0.456 e. The minimum absolute atomic E-state index is 0.122. The monoisotopic (exact) mass is 567 g/mol. The number of benzene rings is 2. The maximum Gasteiger partial charge on any atom is 0.274 e. The first-order chi connectivity index (χ1) is 19.6. The fraction of sp³-hybridized carbons (Fsp3) is 0.133. The second-order valence-electron chi connectivity index (χ2n) is 9.85. The van der Waals surface area contributed by atoms with Gasteiger partial charge in [0.25, 0.3) is 11.4 Å². The van der Waals surface area contributed by atoms with Crippen molar-refractivity contribution in [3.05, 3.63) is 94.7 Å². The van der Waals surface area contributed by atoms with E-state index in [0.29, 0.717) is 50.6 Å². The Morgan fingerprint density at radius 2 is 1.78 bits per heavy atom. The highest BCUT2D eigenvalue weighted by molar-refractivity contribution is 7.90. The average Bonchev–Trinajstić information content (AvgIpc) is 3.61. The Kier molecular flexibility index (Phi) is 6.30. The minimum Gasteiger partial charge on any atom is -0.456 e. The number of aromatic amines is 1. The number of sulfone groups is 1. The minimum atomic E-state index is -3.54. The maximum absolute atomic E-state index is 13.2. The Morgan fingerprint density at radius 3 is 2.49 bits per heavy atom. The van der Waals surface area contributed by atoms with Crippen molar-refractivity contribution in [3.8, 4) is 45.6 Å². The van der Waals surface area contributed by atoms with E-state index in [4.69, 9.17) is 9.26 Å². The molecule has 41 heavy (non-hydrogen) atoms. The van der Waals surface area contributed by atoms with E-state index in [0.717, 1.165) is 17.4 Å². The molecule has 0 saturated carbocycles. The van der Waals surface area contributed by atoms with Gasteiger partial charge in [0.2, 0.25) is 5.82 Å². The van der Waals surface area contributed by atoms with Crippen molar-refractivity contribution in [3.63, 3.8) is 0 Å². The Labute approximate surface area is 235 Å². The molecule has 0 bridgehead atoms. The molecule has 11 heteroatoms. The van der Waals surface area contributed by atoms with Crippen LogP contribution in [0.15, 0.2) is 87.4 Å². The van der Waals surface area contributed by atoms with Crippen LogP contribution in [0.25, 0.3) is 45.0 Å². The highest BCUT2D eigenvalue weighted by atomic mass is 32.2. The summed E-state index contributed by atoms with van der Waals surface area (Å²) < 4.78 is 38.5. The Morgan fingerprint density at radius 1 is 1.00 bits per heavy atom. The second-order valence-corrected chi connectivity index (χ2v) is 11.9. The third-order valence-electron chi connectivity index (χ3n) is 6.83. The molecule has 4 heterocycles. The molecule has 0 aliphatic carbocycles. The van der Waals surface area contributed by atoms with Crippen molar-refractivity contribution in [1.82, 2.24) is 24.7 Å². The Bertz CT molecular complexity index is 2090. The molecule has 0 spiro atoms. The van der Waals surface area contributed by atoms with Crippen LogP contribution in [0.2, 0.25) is 0 Å². The van der Waals surface area contributed by atoms with E-state index in [9.17, 15) is 13.2 Å². The van der Waals surface area contributed by atoms with Gasteiger partial charge in [0, 0.05) is 54.0 Å². The molecule has 206 valence electrons. The van der Waals surface area contributed by atoms with Crippen molar-refractivity contribution in [2.75, 3.05) is 6.26 Å². The topological polar surface area (TPSA) is 133 Å². The highest BCUT2D eigenvalue weighted by Gasteiger charge is 2.22. The molecule has 0 saturated heterocycles. The highest BCUT2D eigenvalue weighted by Crippen LogP contribution is 2.40. The molecule has 6 rings (SSSR count). The van der Waals surface area contributed by atoms with E-state index in [1.54, 1.807) is 49.9 Å². The normalized spacial score (nSPS) is 11.7. The van der Waals surface area contributed by atoms with Crippen LogP contribution in [-0.2, 0) is 16.9 Å². The number of hydrogen-bond donors (Lipinski definition) is 1. The fourth-order valence-electron chi connectivity index (χ4n) is 4.72. The number of aryl methyl sites for hydroxylation is 3. The lowest BCUT2D eigenvalue weighted by molar-refractivity contribution is 0.431. The number of aromatic nitrogens is 5. The first kappa shape index (κ1) is 26.2. The van der Waals surface area contributed by atoms with Crippen molar-refractivity contribution < 1.29 is 17.7 Å². The number of nitrogens with one attached hydrogen (secondary N) is 1. The van der Waals surface area contributed by atoms with E-state index < -0.39 is 9.84 Å². The lowest BCUT2D eigenvalue weighted by Crippen LogP contribution is -2.16. The van der Waals surface area contributed by atoms with E-state index in [1.807, 2.05) is 38.1 Å². The molecule has 0 amide bonds. The van der Waals surface area contributed by atoms with Gasteiger partial charge in [-0.25, -0.2) is 8.42 Å². The third kappa shape index (κ3) is 4.80. The number of H-pyrrole nitrogens is 1. The van der Waals surface area contributed by atoms with E-state index in [1.165, 1.54) is 10.6 Å². The SMILES string of the molecule is Cc1cccc(C)c1Oc1ccc(S(C)(=O)=O)cc1-c1cn(C)c(=O)c2[nH]c(-c3nc(-c4cccnc4)no3)cc12. The molecule has 10 nitrogen and oxygen atoms in total. The van der Waals surface area contributed by atoms with Crippen molar-refractivity contribution in [2.24, 2.45) is 7.05 Å². The number of para-hydroxylation sites is 1. The van der Waals surface area contributed by atoms with Gasteiger partial charge < -0.3 is 18.8 Å². The van der Waals surface area contributed by atoms with Crippen LogP contribution in [0, 0.1) is 13.8 Å². The van der Waals surface area contributed by atoms with Crippen molar-refractivity contribution in [1.29, 1.82) is 0 Å². The predicted molar refractivity (Wildman–Crippen MR) is 155 cm³/mol. The summed E-state index contributed by atoms with van der Waals surface area (Å²) in [5, 5.41) is 4.60. The van der Waals surface area contributed by atoms with E-state index in [2.05, 4.69) is 20.1 Å². The molecule has 0 unspecified atom stereocenters. The molecular weight excluding hydrogens is 542 g/mol. The molecule has 4 aromatic heterocycles.